The number of nitrogens with zero attached hydrogens (tertiary/aromatic N) is 3. The van der Waals surface area contributed by atoms with E-state index in [1.165, 1.54) is 15.9 Å². The Kier molecular flexibility index (Phi) is 4.88. The Bertz CT molecular complexity index is 1420. The summed E-state index contributed by atoms with van der Waals surface area (Å²) in [4.78, 5) is 18.0. The Balaban J connectivity index is 1.48. The van der Waals surface area contributed by atoms with Crippen LogP contribution in [-0.2, 0) is 0 Å². The zero-order valence-electron chi connectivity index (χ0n) is 16.8. The second-order valence-electron chi connectivity index (χ2n) is 7.11. The Hall–Kier alpha value is -3.71. The summed E-state index contributed by atoms with van der Waals surface area (Å²) in [5.74, 6) is 2.10. The van der Waals surface area contributed by atoms with Gasteiger partial charge in [-0.3, -0.25) is 4.79 Å². The number of benzene rings is 2. The summed E-state index contributed by atoms with van der Waals surface area (Å²) in [5, 5.41) is 4.42. The van der Waals surface area contributed by atoms with E-state index < -0.39 is 0 Å². The first-order valence-electron chi connectivity index (χ1n) is 9.85. The third-order valence-electron chi connectivity index (χ3n) is 4.97. The number of para-hydroxylation sites is 1. The average molecular weight is 430 g/mol. The zero-order valence-corrected chi connectivity index (χ0v) is 17.6. The maximum atomic E-state index is 12.9. The predicted molar refractivity (Wildman–Crippen MR) is 122 cm³/mol. The van der Waals surface area contributed by atoms with Gasteiger partial charge in [0.2, 0.25) is 4.96 Å². The molecule has 154 valence electrons. The molecule has 6 nitrogen and oxygen atoms in total. The molecule has 1 unspecified atom stereocenters. The minimum atomic E-state index is -0.184. The first-order valence-corrected chi connectivity index (χ1v) is 10.7. The lowest BCUT2D eigenvalue weighted by Gasteiger charge is -2.22. The van der Waals surface area contributed by atoms with Gasteiger partial charge in [-0.1, -0.05) is 42.2 Å². The Morgan fingerprint density at radius 1 is 1.23 bits per heavy atom. The fourth-order valence-corrected chi connectivity index (χ4v) is 4.29. The van der Waals surface area contributed by atoms with Gasteiger partial charge < -0.3 is 9.47 Å². The molecule has 0 amide bonds. The van der Waals surface area contributed by atoms with Crippen LogP contribution >= 0.6 is 11.3 Å². The normalized spacial score (nSPS) is 16.0. The van der Waals surface area contributed by atoms with E-state index in [-0.39, 0.29) is 11.7 Å². The molecule has 2 aromatic carbocycles. The van der Waals surface area contributed by atoms with Crippen molar-refractivity contribution < 1.29 is 9.47 Å². The van der Waals surface area contributed by atoms with Crippen molar-refractivity contribution in [2.24, 2.45) is 0 Å². The van der Waals surface area contributed by atoms with E-state index in [2.05, 4.69) is 22.7 Å². The molecule has 3 heterocycles. The van der Waals surface area contributed by atoms with Gasteiger partial charge in [0, 0.05) is 11.1 Å². The standard InChI is InChI=1S/C24H19N3O3S/c1-3-12-29-19-10-8-16(9-11-19)22-25-24-27(26-22)23(28)21(31-24)14-18-13-17-6-4-5-7-20(17)30-15(18)2/h3-11,13-15H,1,12H2,2H3. The molecule has 0 saturated heterocycles. The van der Waals surface area contributed by atoms with Crippen molar-refractivity contribution in [1.29, 1.82) is 0 Å². The van der Waals surface area contributed by atoms with Gasteiger partial charge in [0.15, 0.2) is 5.82 Å². The molecule has 31 heavy (non-hydrogen) atoms. The van der Waals surface area contributed by atoms with E-state index in [9.17, 15) is 4.79 Å². The largest absolute Gasteiger partial charge is 0.490 e. The highest BCUT2D eigenvalue weighted by atomic mass is 32.1. The molecule has 2 aromatic heterocycles. The van der Waals surface area contributed by atoms with E-state index >= 15 is 0 Å². The van der Waals surface area contributed by atoms with E-state index in [0.717, 1.165) is 28.2 Å². The summed E-state index contributed by atoms with van der Waals surface area (Å²) < 4.78 is 13.4. The lowest BCUT2D eigenvalue weighted by Crippen LogP contribution is -2.26. The summed E-state index contributed by atoms with van der Waals surface area (Å²) in [6.07, 6.45) is 5.47. The number of rotatable bonds is 5. The molecule has 0 aliphatic carbocycles. The van der Waals surface area contributed by atoms with Crippen molar-refractivity contribution in [3.8, 4) is 22.9 Å². The van der Waals surface area contributed by atoms with Crippen LogP contribution in [0.3, 0.4) is 0 Å². The van der Waals surface area contributed by atoms with Crippen LogP contribution in [-0.4, -0.2) is 27.3 Å². The van der Waals surface area contributed by atoms with Gasteiger partial charge in [0.05, 0.1) is 4.53 Å². The Labute approximate surface area is 182 Å². The highest BCUT2D eigenvalue weighted by Gasteiger charge is 2.18. The maximum absolute atomic E-state index is 12.9. The van der Waals surface area contributed by atoms with Crippen molar-refractivity contribution in [1.82, 2.24) is 14.6 Å². The van der Waals surface area contributed by atoms with E-state index in [1.54, 1.807) is 6.08 Å². The van der Waals surface area contributed by atoms with Gasteiger partial charge in [-0.05, 0) is 55.0 Å². The van der Waals surface area contributed by atoms with Crippen molar-refractivity contribution >= 4 is 28.4 Å². The predicted octanol–water partition coefficient (Wildman–Crippen LogP) is 3.75. The highest BCUT2D eigenvalue weighted by Crippen LogP contribution is 2.29. The first-order chi connectivity index (χ1) is 15.1. The molecule has 4 aromatic rings. The lowest BCUT2D eigenvalue weighted by molar-refractivity contribution is 0.259. The lowest BCUT2D eigenvalue weighted by atomic mass is 10.0. The second kappa shape index (κ2) is 7.85. The van der Waals surface area contributed by atoms with Crippen LogP contribution in [0.25, 0.3) is 28.5 Å². The fourth-order valence-electron chi connectivity index (χ4n) is 3.38. The molecule has 0 spiro atoms. The van der Waals surface area contributed by atoms with Crippen LogP contribution in [0.1, 0.15) is 12.5 Å². The van der Waals surface area contributed by atoms with Gasteiger partial charge in [-0.15, -0.1) is 5.10 Å². The molecule has 5 rings (SSSR count). The van der Waals surface area contributed by atoms with Crippen LogP contribution in [0.2, 0.25) is 0 Å². The molecule has 0 radical (unpaired) electrons. The summed E-state index contributed by atoms with van der Waals surface area (Å²) >= 11 is 1.32. The van der Waals surface area contributed by atoms with Gasteiger partial charge in [-0.2, -0.15) is 9.50 Å². The summed E-state index contributed by atoms with van der Waals surface area (Å²) in [6, 6.07) is 15.3. The molecule has 1 aliphatic heterocycles. The minimum Gasteiger partial charge on any atom is -0.490 e. The van der Waals surface area contributed by atoms with Crippen LogP contribution in [0.4, 0.5) is 0 Å². The molecule has 0 bridgehead atoms. The second-order valence-corrected chi connectivity index (χ2v) is 8.12. The SMILES string of the molecule is C=CCOc1ccc(-c2nc3sc(=CC4=Cc5ccccc5OC4C)c(=O)n3n2)cc1. The molecule has 1 atom stereocenters. The fraction of sp³-hybridized carbons (Fsp3) is 0.125. The Morgan fingerprint density at radius 2 is 2.03 bits per heavy atom. The maximum Gasteiger partial charge on any atom is 0.291 e. The molecule has 1 aliphatic rings. The van der Waals surface area contributed by atoms with Gasteiger partial charge in [0.25, 0.3) is 5.56 Å². The molecular formula is C24H19N3O3S. The number of ether oxygens (including phenoxy) is 2. The number of fused-ring (bicyclic) bond motifs is 2. The quantitative estimate of drug-likeness (QED) is 0.452. The number of hydrogen-bond acceptors (Lipinski definition) is 6. The highest BCUT2D eigenvalue weighted by molar-refractivity contribution is 7.15. The first kappa shape index (κ1) is 19.3. The van der Waals surface area contributed by atoms with E-state index in [0.29, 0.717) is 21.9 Å². The topological polar surface area (TPSA) is 65.7 Å². The van der Waals surface area contributed by atoms with E-state index in [4.69, 9.17) is 9.47 Å². The zero-order chi connectivity index (χ0) is 21.4. The smallest absolute Gasteiger partial charge is 0.291 e. The van der Waals surface area contributed by atoms with Crippen LogP contribution in [0.5, 0.6) is 11.5 Å². The summed E-state index contributed by atoms with van der Waals surface area (Å²) in [5.41, 5.74) is 2.58. The molecule has 0 fully saturated rings. The van der Waals surface area contributed by atoms with Crippen LogP contribution < -0.4 is 19.6 Å². The number of hydrogen-bond donors (Lipinski definition) is 0. The average Bonchev–Trinajstić information content (AvgIpc) is 3.32. The van der Waals surface area contributed by atoms with Crippen molar-refractivity contribution in [2.75, 3.05) is 6.61 Å². The molecule has 7 heteroatoms. The van der Waals surface area contributed by atoms with Gasteiger partial charge in [-0.25, -0.2) is 0 Å². The number of aromatic nitrogens is 3. The van der Waals surface area contributed by atoms with Crippen molar-refractivity contribution in [3.63, 3.8) is 0 Å². The summed E-state index contributed by atoms with van der Waals surface area (Å²) in [7, 11) is 0. The summed E-state index contributed by atoms with van der Waals surface area (Å²) in [6.45, 7) is 6.06. The molecule has 0 saturated carbocycles. The van der Waals surface area contributed by atoms with Crippen molar-refractivity contribution in [3.05, 3.63) is 87.2 Å². The van der Waals surface area contributed by atoms with Crippen molar-refractivity contribution in [2.45, 2.75) is 13.0 Å². The third kappa shape index (κ3) is 3.64. The van der Waals surface area contributed by atoms with Crippen LogP contribution in [0, 0.1) is 0 Å². The third-order valence-corrected chi connectivity index (χ3v) is 5.93. The molecular weight excluding hydrogens is 410 g/mol. The number of thiazole rings is 1. The minimum absolute atomic E-state index is 0.144. The molecule has 0 N–H and O–H groups in total. The van der Waals surface area contributed by atoms with Gasteiger partial charge in [0.1, 0.15) is 24.2 Å². The van der Waals surface area contributed by atoms with Crippen LogP contribution in [0.15, 0.2) is 71.6 Å². The van der Waals surface area contributed by atoms with E-state index in [1.807, 2.05) is 61.5 Å². The Morgan fingerprint density at radius 3 is 2.81 bits per heavy atom. The monoisotopic (exact) mass is 429 g/mol. The van der Waals surface area contributed by atoms with Gasteiger partial charge >= 0.3 is 0 Å².